The molecular weight excluding hydrogens is 1440 g/mol. The summed E-state index contributed by atoms with van der Waals surface area (Å²) >= 11 is 0. The largest absolute Gasteiger partial charge is 2.00 e. The molecule has 0 fully saturated rings. The van der Waals surface area contributed by atoms with E-state index in [1.807, 2.05) is 52.0 Å². The molecular formula is C70H88N8O4Pd4. The summed E-state index contributed by atoms with van der Waals surface area (Å²) in [6.07, 6.45) is 25.3. The number of aromatic nitrogens is 2. The molecule has 12 nitrogen and oxygen atoms in total. The van der Waals surface area contributed by atoms with Crippen LogP contribution in [0.15, 0.2) is 133 Å². The minimum Gasteiger partial charge on any atom is -0.657 e. The predicted molar refractivity (Wildman–Crippen MR) is 342 cm³/mol. The smallest absolute Gasteiger partial charge is 0.657 e. The Morgan fingerprint density at radius 3 is 0.767 bits per heavy atom. The Hall–Kier alpha value is -4.69. The number of nitrogens with zero attached hydrogens (tertiary/aromatic N) is 8. The van der Waals surface area contributed by atoms with Crippen LogP contribution in [0.25, 0.3) is 34.9 Å². The first-order valence-electron chi connectivity index (χ1n) is 30.9. The van der Waals surface area contributed by atoms with Gasteiger partial charge in [0.1, 0.15) is 0 Å². The Bertz CT molecular complexity index is 3250. The van der Waals surface area contributed by atoms with Crippen LogP contribution in [0.5, 0.6) is 0 Å². The third-order valence-electron chi connectivity index (χ3n) is 16.8. The molecule has 2 aromatic rings. The van der Waals surface area contributed by atoms with Gasteiger partial charge in [0, 0.05) is 52.0 Å². The van der Waals surface area contributed by atoms with Crippen molar-refractivity contribution >= 4 is 59.3 Å². The van der Waals surface area contributed by atoms with Gasteiger partial charge in [0.2, 0.25) is 11.8 Å². The molecule has 0 saturated carbocycles. The molecule has 0 atom stereocenters. The summed E-state index contributed by atoms with van der Waals surface area (Å²) in [5.41, 5.74) is 28.0. The second-order valence-electron chi connectivity index (χ2n) is 21.0. The van der Waals surface area contributed by atoms with Gasteiger partial charge in [-0.3, -0.25) is 0 Å². The number of hydrogen-bond acceptors (Lipinski definition) is 6. The number of aliphatic imine (C=N–C) groups is 4. The van der Waals surface area contributed by atoms with Crippen LogP contribution < -0.4 is 9.97 Å². The van der Waals surface area contributed by atoms with E-state index in [0.29, 0.717) is 12.8 Å². The van der Waals surface area contributed by atoms with Crippen molar-refractivity contribution in [2.24, 2.45) is 20.0 Å². The zero-order chi connectivity index (χ0) is 59.7. The van der Waals surface area contributed by atoms with Crippen LogP contribution in [0.2, 0.25) is 0 Å². The van der Waals surface area contributed by atoms with Crippen LogP contribution >= 0.6 is 0 Å². The normalized spacial score (nSPS) is 19.5. The van der Waals surface area contributed by atoms with Crippen molar-refractivity contribution in [2.75, 3.05) is 0 Å². The minimum atomic E-state index is -0.114. The molecule has 8 heterocycles. The van der Waals surface area contributed by atoms with Crippen LogP contribution in [0.1, 0.15) is 233 Å². The number of allylic oxidation sites excluding steroid dienone is 10. The van der Waals surface area contributed by atoms with Crippen molar-refractivity contribution in [3.63, 3.8) is 0 Å². The minimum absolute atomic E-state index is 0. The summed E-state index contributed by atoms with van der Waals surface area (Å²) in [6.45, 7) is 33.8. The molecule has 2 N–H and O–H groups in total. The number of carbonyl (C=O) groups excluding carboxylic acids is 2. The molecule has 0 bridgehead atoms. The molecule has 2 aromatic heterocycles. The molecule has 472 valence electrons. The molecule has 0 saturated heterocycles. The van der Waals surface area contributed by atoms with Crippen molar-refractivity contribution in [1.82, 2.24) is 9.97 Å². The maximum atomic E-state index is 12.5. The Morgan fingerprint density at radius 2 is 0.535 bits per heavy atom. The summed E-state index contributed by atoms with van der Waals surface area (Å²) in [6, 6.07) is 0. The molecule has 8 rings (SSSR count). The van der Waals surface area contributed by atoms with Gasteiger partial charge in [-0.25, -0.2) is 20.0 Å². The number of rotatable bonds is 22. The van der Waals surface area contributed by atoms with E-state index in [2.05, 4.69) is 116 Å². The van der Waals surface area contributed by atoms with Crippen LogP contribution in [-0.2, 0) is 117 Å². The standard InChI is InChI=1S/2C35H45N4O2.4Pd/c2*1-9-20-22(11-3)30(18-32-24(13-5)26(15-7)34(40)38-32)36-28(20)17-29-21(10-2)23(12-4)31(37-29)19-33-25(14-6)27(16-8)35(41)39-33;;;;/h2*17-19H,9-16H2,1-8H3,(H2-,36,37,38,39,40,41);;;;/q2*-1;;;2*+2/p-2. The first-order valence-corrected chi connectivity index (χ1v) is 30.9. The number of aliphatic hydroxyl groups is 2. The zero-order valence-electron chi connectivity index (χ0n) is 53.3. The van der Waals surface area contributed by atoms with Gasteiger partial charge in [-0.15, -0.1) is 34.2 Å². The SMILES string of the molecule is CCC1=C(CC)/C(=C/c2[n-]c(/C=C3/N=C(O)C(CC)=C3CC)c(CC)c2CC)N=C1/C=C1\[N-]C(=O)C(CC)=C1CC.CCC1=C(CC)/C(=C/c2[n-]c(/C=C3/N=C(O)C(CC)=C3CC)c(CC)c2CC)N=C1/C=C1\[N-]C(=O)C(CC)=C1CC.[Pd+2].[Pd+2].[Pd].[Pd]. The molecule has 2 amide bonds. The summed E-state index contributed by atoms with van der Waals surface area (Å²) in [5.74, 6) is 0.0369. The summed E-state index contributed by atoms with van der Waals surface area (Å²) in [4.78, 5) is 54.5. The summed E-state index contributed by atoms with van der Waals surface area (Å²) in [5, 5.41) is 29.7. The van der Waals surface area contributed by atoms with E-state index in [-0.39, 0.29) is 105 Å². The predicted octanol–water partition coefficient (Wildman–Crippen LogP) is 18.0. The fourth-order valence-electron chi connectivity index (χ4n) is 12.8. The quantitative estimate of drug-likeness (QED) is 0.111. The molecule has 0 aliphatic carbocycles. The van der Waals surface area contributed by atoms with Gasteiger partial charge in [0.15, 0.2) is 0 Å². The molecule has 0 radical (unpaired) electrons. The van der Waals surface area contributed by atoms with Crippen molar-refractivity contribution in [3.8, 4) is 0 Å². The molecule has 6 aliphatic rings. The molecule has 86 heavy (non-hydrogen) atoms. The molecule has 6 aliphatic heterocycles. The summed E-state index contributed by atoms with van der Waals surface area (Å²) in [7, 11) is 0. The average Bonchev–Trinajstić information content (AvgIpc) is 2.55. The van der Waals surface area contributed by atoms with Gasteiger partial charge in [-0.1, -0.05) is 181 Å². The number of amides is 2. The van der Waals surface area contributed by atoms with E-state index in [1.54, 1.807) is 0 Å². The molecule has 16 heteroatoms. The first-order chi connectivity index (χ1) is 39.6. The Labute approximate surface area is 568 Å². The van der Waals surface area contributed by atoms with Gasteiger partial charge in [0.05, 0.1) is 46.0 Å². The Morgan fingerprint density at radius 1 is 0.302 bits per heavy atom. The van der Waals surface area contributed by atoms with E-state index < -0.39 is 0 Å². The zero-order valence-corrected chi connectivity index (χ0v) is 59.5. The Balaban J connectivity index is 0.000000430. The topological polar surface area (TPSA) is 180 Å². The van der Waals surface area contributed by atoms with E-state index in [1.165, 1.54) is 44.5 Å². The van der Waals surface area contributed by atoms with Crippen LogP contribution in [0, 0.1) is 0 Å². The van der Waals surface area contributed by atoms with Crippen molar-refractivity contribution in [1.29, 1.82) is 0 Å². The van der Waals surface area contributed by atoms with Gasteiger partial charge in [-0.05, 0) is 147 Å². The summed E-state index contributed by atoms with van der Waals surface area (Å²) < 4.78 is 0. The van der Waals surface area contributed by atoms with Crippen molar-refractivity contribution in [2.45, 2.75) is 214 Å². The number of hydrogen-bond donors (Lipinski definition) is 2. The van der Waals surface area contributed by atoms with Crippen molar-refractivity contribution < 1.29 is 101 Å². The average molecular weight is 1530 g/mol. The monoisotopic (exact) mass is 1530 g/mol. The van der Waals surface area contributed by atoms with Crippen LogP contribution in [-0.4, -0.2) is 45.2 Å². The van der Waals surface area contributed by atoms with E-state index in [0.717, 1.165) is 203 Å². The fourth-order valence-corrected chi connectivity index (χ4v) is 12.8. The van der Waals surface area contributed by atoms with Gasteiger partial charge >= 0.3 is 40.8 Å². The maximum absolute atomic E-state index is 12.5. The van der Waals surface area contributed by atoms with E-state index >= 15 is 0 Å². The van der Waals surface area contributed by atoms with Gasteiger partial charge < -0.3 is 40.4 Å². The maximum Gasteiger partial charge on any atom is 2.00 e. The first kappa shape index (κ1) is 75.6. The molecule has 0 unspecified atom stereocenters. The third kappa shape index (κ3) is 15.1. The van der Waals surface area contributed by atoms with Gasteiger partial charge in [-0.2, -0.15) is 0 Å². The van der Waals surface area contributed by atoms with Crippen LogP contribution in [0.4, 0.5) is 0 Å². The second kappa shape index (κ2) is 34.3. The number of aliphatic hydroxyl groups excluding tert-OH is 2. The second-order valence-corrected chi connectivity index (χ2v) is 21.0. The number of carbonyl (C=O) groups is 2. The van der Waals surface area contributed by atoms with E-state index in [4.69, 9.17) is 20.0 Å². The Kier molecular flexibility index (Phi) is 30.2. The van der Waals surface area contributed by atoms with E-state index in [9.17, 15) is 19.8 Å². The third-order valence-corrected chi connectivity index (χ3v) is 16.8. The van der Waals surface area contributed by atoms with Crippen LogP contribution in [0.3, 0.4) is 0 Å². The van der Waals surface area contributed by atoms with Crippen molar-refractivity contribution in [3.05, 3.63) is 169 Å². The molecule has 0 aromatic carbocycles. The van der Waals surface area contributed by atoms with Gasteiger partial charge in [0.25, 0.3) is 0 Å². The fraction of sp³-hybridized carbons (Fsp3) is 0.457. The molecule has 0 spiro atoms.